The van der Waals surface area contributed by atoms with E-state index >= 15 is 0 Å². The van der Waals surface area contributed by atoms with E-state index in [4.69, 9.17) is 0 Å². The Bertz CT molecular complexity index is 824. The van der Waals surface area contributed by atoms with Crippen molar-refractivity contribution >= 4 is 18.3 Å². The highest BCUT2D eigenvalue weighted by Crippen LogP contribution is 2.32. The summed E-state index contributed by atoms with van der Waals surface area (Å²) in [6, 6.07) is 6.80. The van der Waals surface area contributed by atoms with Crippen LogP contribution < -0.4 is 0 Å². The van der Waals surface area contributed by atoms with Gasteiger partial charge in [0.2, 0.25) is 0 Å². The Kier molecular flexibility index (Phi) is 3.16. The molecule has 0 aliphatic heterocycles. The molecule has 3 aromatic rings. The maximum absolute atomic E-state index is 12.8. The Balaban J connectivity index is 2.18. The molecule has 1 aromatic carbocycles. The van der Waals surface area contributed by atoms with Crippen LogP contribution in [0.2, 0.25) is 0 Å². The molecule has 0 atom stereocenters. The molecule has 108 valence electrons. The summed E-state index contributed by atoms with van der Waals surface area (Å²) in [5.41, 5.74) is 1.46. The quantitative estimate of drug-likeness (QED) is 0.688. The number of nitrogens with zero attached hydrogens (tertiary/aromatic N) is 3. The van der Waals surface area contributed by atoms with Gasteiger partial charge in [-0.25, -0.2) is 9.50 Å². The first-order valence-corrected chi connectivity index (χ1v) is 6.53. The topological polar surface area (TPSA) is 30.2 Å². The van der Waals surface area contributed by atoms with Crippen molar-refractivity contribution in [1.82, 2.24) is 14.6 Å². The molecule has 0 aliphatic rings. The summed E-state index contributed by atoms with van der Waals surface area (Å²) in [5.74, 6) is 0. The lowest BCUT2D eigenvalue weighted by atomic mass is 10.1. The van der Waals surface area contributed by atoms with Gasteiger partial charge in [-0.1, -0.05) is 12.1 Å². The zero-order valence-electron chi connectivity index (χ0n) is 10.9. The average Bonchev–Trinajstić information content (AvgIpc) is 2.80. The molecular formula is C14H10F3N3S. The van der Waals surface area contributed by atoms with Gasteiger partial charge in [-0.2, -0.15) is 18.3 Å². The third-order valence-corrected chi connectivity index (χ3v) is 3.43. The summed E-state index contributed by atoms with van der Waals surface area (Å²) in [7, 11) is 0. The number of hydrogen-bond donors (Lipinski definition) is 1. The fourth-order valence-electron chi connectivity index (χ4n) is 2.10. The number of alkyl halides is 3. The third kappa shape index (κ3) is 2.49. The van der Waals surface area contributed by atoms with Gasteiger partial charge in [-0.05, 0) is 25.1 Å². The first-order chi connectivity index (χ1) is 9.86. The van der Waals surface area contributed by atoms with E-state index in [-0.39, 0.29) is 0 Å². The summed E-state index contributed by atoms with van der Waals surface area (Å²) < 4.78 is 39.9. The van der Waals surface area contributed by atoms with Gasteiger partial charge in [0.15, 0.2) is 5.65 Å². The second-order valence-electron chi connectivity index (χ2n) is 4.63. The molecule has 0 spiro atoms. The number of rotatable bonds is 1. The number of thiol groups is 1. The number of hydrogen-bond acceptors (Lipinski definition) is 3. The Morgan fingerprint density at radius 3 is 2.67 bits per heavy atom. The molecule has 2 heterocycles. The SMILES string of the molecule is Cc1cc(-c2cccc(C(F)(F)F)c2)nc2c(S)cnn12. The van der Waals surface area contributed by atoms with Crippen molar-refractivity contribution in [3.8, 4) is 11.3 Å². The van der Waals surface area contributed by atoms with E-state index < -0.39 is 11.7 Å². The second-order valence-corrected chi connectivity index (χ2v) is 5.11. The van der Waals surface area contributed by atoms with E-state index in [1.54, 1.807) is 22.8 Å². The number of aryl methyl sites for hydroxylation is 1. The van der Waals surface area contributed by atoms with Gasteiger partial charge >= 0.3 is 6.18 Å². The van der Waals surface area contributed by atoms with Crippen molar-refractivity contribution in [2.24, 2.45) is 0 Å². The van der Waals surface area contributed by atoms with Crippen molar-refractivity contribution in [3.63, 3.8) is 0 Å². The van der Waals surface area contributed by atoms with E-state index in [1.807, 2.05) is 6.92 Å². The van der Waals surface area contributed by atoms with Crippen molar-refractivity contribution in [1.29, 1.82) is 0 Å². The molecule has 0 aliphatic carbocycles. The van der Waals surface area contributed by atoms with E-state index in [0.717, 1.165) is 17.8 Å². The van der Waals surface area contributed by atoms with Crippen LogP contribution in [-0.4, -0.2) is 14.6 Å². The van der Waals surface area contributed by atoms with Gasteiger partial charge in [-0.15, -0.1) is 12.6 Å². The molecule has 3 nitrogen and oxygen atoms in total. The first kappa shape index (κ1) is 13.9. The minimum Gasteiger partial charge on any atom is -0.227 e. The number of benzene rings is 1. The molecule has 2 aromatic heterocycles. The summed E-state index contributed by atoms with van der Waals surface area (Å²) in [6.45, 7) is 1.81. The maximum Gasteiger partial charge on any atom is 0.416 e. The minimum absolute atomic E-state index is 0.407. The summed E-state index contributed by atoms with van der Waals surface area (Å²) >= 11 is 4.25. The fourth-order valence-corrected chi connectivity index (χ4v) is 2.30. The van der Waals surface area contributed by atoms with Gasteiger partial charge in [-0.3, -0.25) is 0 Å². The molecule has 0 saturated heterocycles. The highest BCUT2D eigenvalue weighted by molar-refractivity contribution is 7.80. The Morgan fingerprint density at radius 1 is 1.19 bits per heavy atom. The predicted molar refractivity (Wildman–Crippen MR) is 75.4 cm³/mol. The molecule has 0 unspecified atom stereocenters. The van der Waals surface area contributed by atoms with Crippen molar-refractivity contribution in [2.45, 2.75) is 18.0 Å². The van der Waals surface area contributed by atoms with Gasteiger partial charge < -0.3 is 0 Å². The Morgan fingerprint density at radius 2 is 1.95 bits per heavy atom. The zero-order chi connectivity index (χ0) is 15.2. The van der Waals surface area contributed by atoms with Gasteiger partial charge in [0, 0.05) is 11.3 Å². The van der Waals surface area contributed by atoms with Crippen molar-refractivity contribution in [3.05, 3.63) is 47.8 Å². The second kappa shape index (κ2) is 4.77. The minimum atomic E-state index is -4.37. The van der Waals surface area contributed by atoms with Gasteiger partial charge in [0.25, 0.3) is 0 Å². The number of fused-ring (bicyclic) bond motifs is 1. The fraction of sp³-hybridized carbons (Fsp3) is 0.143. The predicted octanol–water partition coefficient (Wildman–Crippen LogP) is 4.01. The van der Waals surface area contributed by atoms with Crippen LogP contribution in [0, 0.1) is 6.92 Å². The summed E-state index contributed by atoms with van der Waals surface area (Å²) in [4.78, 5) is 4.92. The number of halogens is 3. The van der Waals surface area contributed by atoms with Crippen LogP contribution in [0.3, 0.4) is 0 Å². The van der Waals surface area contributed by atoms with Crippen LogP contribution in [0.4, 0.5) is 13.2 Å². The molecule has 0 amide bonds. The summed E-state index contributed by atoms with van der Waals surface area (Å²) in [6.07, 6.45) is -2.82. The van der Waals surface area contributed by atoms with E-state index in [9.17, 15) is 13.2 Å². The Labute approximate surface area is 123 Å². The van der Waals surface area contributed by atoms with Crippen LogP contribution in [0.25, 0.3) is 16.9 Å². The molecular weight excluding hydrogens is 299 g/mol. The molecule has 3 rings (SSSR count). The van der Waals surface area contributed by atoms with Gasteiger partial charge in [0.1, 0.15) is 0 Å². The van der Waals surface area contributed by atoms with Crippen LogP contribution >= 0.6 is 12.6 Å². The van der Waals surface area contributed by atoms with Crippen molar-refractivity contribution < 1.29 is 13.2 Å². The summed E-state index contributed by atoms with van der Waals surface area (Å²) in [5, 5.41) is 4.11. The van der Waals surface area contributed by atoms with E-state index in [1.165, 1.54) is 6.07 Å². The molecule has 0 fully saturated rings. The monoisotopic (exact) mass is 309 g/mol. The van der Waals surface area contributed by atoms with E-state index in [2.05, 4.69) is 22.7 Å². The smallest absolute Gasteiger partial charge is 0.227 e. The van der Waals surface area contributed by atoms with Crippen LogP contribution in [0.15, 0.2) is 41.4 Å². The molecule has 0 N–H and O–H groups in total. The zero-order valence-corrected chi connectivity index (χ0v) is 11.8. The average molecular weight is 309 g/mol. The number of aromatic nitrogens is 3. The third-order valence-electron chi connectivity index (χ3n) is 3.12. The standard InChI is InChI=1S/C14H10F3N3S/c1-8-5-11(19-13-12(21)7-18-20(8)13)9-3-2-4-10(6-9)14(15,16)17/h2-7,21H,1H3. The molecule has 7 heteroatoms. The lowest BCUT2D eigenvalue weighted by Gasteiger charge is -2.09. The maximum atomic E-state index is 12.8. The first-order valence-electron chi connectivity index (χ1n) is 6.08. The molecule has 21 heavy (non-hydrogen) atoms. The molecule has 0 saturated carbocycles. The van der Waals surface area contributed by atoms with Crippen LogP contribution in [0.5, 0.6) is 0 Å². The largest absolute Gasteiger partial charge is 0.416 e. The van der Waals surface area contributed by atoms with Crippen LogP contribution in [0.1, 0.15) is 11.3 Å². The highest BCUT2D eigenvalue weighted by Gasteiger charge is 2.30. The molecule has 0 radical (unpaired) electrons. The molecule has 0 bridgehead atoms. The van der Waals surface area contributed by atoms with Crippen molar-refractivity contribution in [2.75, 3.05) is 0 Å². The van der Waals surface area contributed by atoms with Gasteiger partial charge in [0.05, 0.1) is 22.3 Å². The lowest BCUT2D eigenvalue weighted by Crippen LogP contribution is -2.05. The normalized spacial score (nSPS) is 12.0. The highest BCUT2D eigenvalue weighted by atomic mass is 32.1. The van der Waals surface area contributed by atoms with Crippen LogP contribution in [-0.2, 0) is 6.18 Å². The Hall–Kier alpha value is -2.02. The van der Waals surface area contributed by atoms with E-state index in [0.29, 0.717) is 21.8 Å². The lowest BCUT2D eigenvalue weighted by molar-refractivity contribution is -0.137.